The van der Waals surface area contributed by atoms with E-state index in [0.29, 0.717) is 19.4 Å². The molecule has 2 atom stereocenters. The Morgan fingerprint density at radius 3 is 2.56 bits per heavy atom. The maximum atomic E-state index is 12.4. The second-order valence-corrected chi connectivity index (χ2v) is 7.04. The molecule has 2 aromatic rings. The second kappa shape index (κ2) is 8.25. The molecule has 5 nitrogen and oxygen atoms in total. The van der Waals surface area contributed by atoms with Crippen molar-refractivity contribution in [3.8, 4) is 5.75 Å². The molecule has 1 aliphatic rings. The molecule has 1 fully saturated rings. The minimum atomic E-state index is -0.240. The first-order chi connectivity index (χ1) is 13.0. The average molecular weight is 366 g/mol. The van der Waals surface area contributed by atoms with E-state index in [0.717, 1.165) is 28.1 Å². The first kappa shape index (κ1) is 19.0. The molecule has 3 rings (SSSR count). The summed E-state index contributed by atoms with van der Waals surface area (Å²) in [6.07, 6.45) is 1.30. The molecule has 2 aromatic carbocycles. The van der Waals surface area contributed by atoms with Crippen molar-refractivity contribution < 1.29 is 14.3 Å². The molecule has 0 aromatic heterocycles. The third kappa shape index (κ3) is 4.48. The van der Waals surface area contributed by atoms with Crippen LogP contribution < -0.4 is 15.4 Å². The summed E-state index contributed by atoms with van der Waals surface area (Å²) in [7, 11) is 1.64. The monoisotopic (exact) mass is 366 g/mol. The molecule has 142 valence electrons. The molecule has 1 aliphatic carbocycles. The largest absolute Gasteiger partial charge is 0.496 e. The number of aryl methyl sites for hydroxylation is 1. The average Bonchev–Trinajstić information content (AvgIpc) is 3.47. The zero-order chi connectivity index (χ0) is 19.4. The van der Waals surface area contributed by atoms with Gasteiger partial charge in [0.2, 0.25) is 11.8 Å². The quantitative estimate of drug-likeness (QED) is 0.790. The normalized spacial score (nSPS) is 17.9. The van der Waals surface area contributed by atoms with Gasteiger partial charge in [-0.15, -0.1) is 0 Å². The molecule has 0 heterocycles. The number of amides is 2. The topological polar surface area (TPSA) is 67.4 Å². The first-order valence-corrected chi connectivity index (χ1v) is 9.28. The maximum absolute atomic E-state index is 12.4. The zero-order valence-electron chi connectivity index (χ0n) is 16.0. The summed E-state index contributed by atoms with van der Waals surface area (Å²) in [6, 6.07) is 13.6. The van der Waals surface area contributed by atoms with Crippen LogP contribution in [0, 0.1) is 25.7 Å². The molecule has 0 bridgehead atoms. The van der Waals surface area contributed by atoms with Gasteiger partial charge in [0.15, 0.2) is 0 Å². The number of rotatable bonds is 7. The Balaban J connectivity index is 1.47. The van der Waals surface area contributed by atoms with Crippen molar-refractivity contribution in [1.29, 1.82) is 0 Å². The van der Waals surface area contributed by atoms with Gasteiger partial charge in [-0.2, -0.15) is 0 Å². The van der Waals surface area contributed by atoms with Gasteiger partial charge in [0.05, 0.1) is 18.9 Å². The number of hydrogen-bond acceptors (Lipinski definition) is 3. The lowest BCUT2D eigenvalue weighted by Gasteiger charge is -2.11. The van der Waals surface area contributed by atoms with Crippen molar-refractivity contribution in [2.24, 2.45) is 11.8 Å². The first-order valence-electron chi connectivity index (χ1n) is 9.28. The minimum absolute atomic E-state index is 0.0500. The fraction of sp³-hybridized carbons (Fsp3) is 0.364. The van der Waals surface area contributed by atoms with Gasteiger partial charge in [-0.1, -0.05) is 30.3 Å². The van der Waals surface area contributed by atoms with E-state index in [1.165, 1.54) is 0 Å². The molecule has 0 saturated heterocycles. The van der Waals surface area contributed by atoms with Crippen molar-refractivity contribution in [2.45, 2.75) is 26.7 Å². The lowest BCUT2D eigenvalue weighted by molar-refractivity contribution is -0.125. The molecule has 0 aliphatic heterocycles. The van der Waals surface area contributed by atoms with Gasteiger partial charge < -0.3 is 15.4 Å². The molecule has 2 unspecified atom stereocenters. The Kier molecular flexibility index (Phi) is 5.79. The number of carbonyl (C=O) groups is 2. The Morgan fingerprint density at radius 2 is 1.78 bits per heavy atom. The number of nitrogens with one attached hydrogen (secondary N) is 2. The fourth-order valence-corrected chi connectivity index (χ4v) is 3.25. The lowest BCUT2D eigenvalue weighted by atomic mass is 10.1. The highest BCUT2D eigenvalue weighted by molar-refractivity contribution is 6.00. The van der Waals surface area contributed by atoms with Crippen molar-refractivity contribution in [1.82, 2.24) is 5.32 Å². The highest BCUT2D eigenvalue weighted by atomic mass is 16.5. The molecule has 5 heteroatoms. The summed E-state index contributed by atoms with van der Waals surface area (Å²) < 4.78 is 5.32. The number of ether oxygens (including phenoxy) is 1. The summed E-state index contributed by atoms with van der Waals surface area (Å²) in [5.41, 5.74) is 4.07. The van der Waals surface area contributed by atoms with Crippen LogP contribution in [0.1, 0.15) is 23.1 Å². The number of benzene rings is 2. The van der Waals surface area contributed by atoms with Crippen molar-refractivity contribution in [3.05, 3.63) is 59.2 Å². The molecule has 0 spiro atoms. The third-order valence-electron chi connectivity index (χ3n) is 5.21. The van der Waals surface area contributed by atoms with E-state index in [9.17, 15) is 9.59 Å². The lowest BCUT2D eigenvalue weighted by Crippen LogP contribution is -2.29. The smallest absolute Gasteiger partial charge is 0.228 e. The van der Waals surface area contributed by atoms with Crippen molar-refractivity contribution in [2.75, 3.05) is 19.0 Å². The summed E-state index contributed by atoms with van der Waals surface area (Å²) in [4.78, 5) is 24.7. The van der Waals surface area contributed by atoms with E-state index in [1.54, 1.807) is 7.11 Å². The van der Waals surface area contributed by atoms with E-state index in [2.05, 4.69) is 10.6 Å². The summed E-state index contributed by atoms with van der Waals surface area (Å²) >= 11 is 0. The van der Waals surface area contributed by atoms with Crippen LogP contribution in [-0.4, -0.2) is 25.5 Å². The summed E-state index contributed by atoms with van der Waals surface area (Å²) in [6.45, 7) is 4.53. The minimum Gasteiger partial charge on any atom is -0.496 e. The van der Waals surface area contributed by atoms with Gasteiger partial charge in [0.1, 0.15) is 5.75 Å². The van der Waals surface area contributed by atoms with E-state index >= 15 is 0 Å². The highest BCUT2D eigenvalue weighted by Gasteiger charge is 2.47. The van der Waals surface area contributed by atoms with E-state index in [4.69, 9.17) is 4.74 Å². The molecule has 27 heavy (non-hydrogen) atoms. The number of methoxy groups -OCH3 is 1. The van der Waals surface area contributed by atoms with Crippen LogP contribution in [0.5, 0.6) is 5.75 Å². The third-order valence-corrected chi connectivity index (χ3v) is 5.21. The van der Waals surface area contributed by atoms with E-state index in [-0.39, 0.29) is 23.7 Å². The Morgan fingerprint density at radius 1 is 1.04 bits per heavy atom. The summed E-state index contributed by atoms with van der Waals surface area (Å²) in [5.74, 6) is 0.229. The van der Waals surface area contributed by atoms with Crippen LogP contribution in [0.4, 0.5) is 5.69 Å². The number of anilines is 1. The predicted molar refractivity (Wildman–Crippen MR) is 106 cm³/mol. The molecular formula is C22H26N2O3. The van der Waals surface area contributed by atoms with Crippen molar-refractivity contribution >= 4 is 17.5 Å². The maximum Gasteiger partial charge on any atom is 0.228 e. The van der Waals surface area contributed by atoms with Gasteiger partial charge in [-0.3, -0.25) is 9.59 Å². The SMILES string of the molecule is COc1ccccc1CCNC(=O)C1CC1C(=O)Nc1cccc(C)c1C. The van der Waals surface area contributed by atoms with Crippen LogP contribution in [0.2, 0.25) is 0 Å². The van der Waals surface area contributed by atoms with Gasteiger partial charge >= 0.3 is 0 Å². The van der Waals surface area contributed by atoms with E-state index < -0.39 is 0 Å². The van der Waals surface area contributed by atoms with Gasteiger partial charge in [0.25, 0.3) is 0 Å². The van der Waals surface area contributed by atoms with Crippen LogP contribution in [0.15, 0.2) is 42.5 Å². The van der Waals surface area contributed by atoms with Crippen molar-refractivity contribution in [3.63, 3.8) is 0 Å². The molecule has 0 radical (unpaired) electrons. The summed E-state index contributed by atoms with van der Waals surface area (Å²) in [5, 5.41) is 5.90. The van der Waals surface area contributed by atoms with Crippen LogP contribution in [0.3, 0.4) is 0 Å². The fourth-order valence-electron chi connectivity index (χ4n) is 3.25. The van der Waals surface area contributed by atoms with Gasteiger partial charge in [-0.25, -0.2) is 0 Å². The Labute approximate surface area is 160 Å². The highest BCUT2D eigenvalue weighted by Crippen LogP contribution is 2.39. The van der Waals surface area contributed by atoms with Crippen LogP contribution >= 0.6 is 0 Å². The Bertz CT molecular complexity index is 847. The number of hydrogen-bond donors (Lipinski definition) is 2. The molecule has 1 saturated carbocycles. The van der Waals surface area contributed by atoms with Gasteiger partial charge in [0, 0.05) is 12.2 Å². The molecule has 2 N–H and O–H groups in total. The predicted octanol–water partition coefficient (Wildman–Crippen LogP) is 3.25. The number of para-hydroxylation sites is 1. The van der Waals surface area contributed by atoms with E-state index in [1.807, 2.05) is 56.3 Å². The molecular weight excluding hydrogens is 340 g/mol. The second-order valence-electron chi connectivity index (χ2n) is 7.04. The zero-order valence-corrected chi connectivity index (χ0v) is 16.0. The van der Waals surface area contributed by atoms with Crippen LogP contribution in [-0.2, 0) is 16.0 Å². The molecule has 2 amide bonds. The van der Waals surface area contributed by atoms with Crippen LogP contribution in [0.25, 0.3) is 0 Å². The Hall–Kier alpha value is -2.82. The number of carbonyl (C=O) groups excluding carboxylic acids is 2. The standard InChI is InChI=1S/C22H26N2O3/c1-14-7-6-9-19(15(14)2)24-22(26)18-13-17(18)21(25)23-12-11-16-8-4-5-10-20(16)27-3/h4-10,17-18H,11-13H2,1-3H3,(H,23,25)(H,24,26). The van der Waals surface area contributed by atoms with Gasteiger partial charge in [-0.05, 0) is 55.5 Å².